The van der Waals surface area contributed by atoms with E-state index in [2.05, 4.69) is 5.32 Å². The number of carbonyl (C=O) groups is 1. The second-order valence-electron chi connectivity index (χ2n) is 8.24. The van der Waals surface area contributed by atoms with Crippen LogP contribution in [-0.4, -0.2) is 35.9 Å². The monoisotopic (exact) mass is 507 g/mol. The molecule has 0 saturated carbocycles. The summed E-state index contributed by atoms with van der Waals surface area (Å²) in [5, 5.41) is 12.8. The lowest BCUT2D eigenvalue weighted by Gasteiger charge is -2.36. The first-order valence-electron chi connectivity index (χ1n) is 10.7. The molecule has 1 heterocycles. The summed E-state index contributed by atoms with van der Waals surface area (Å²) in [7, 11) is 1.33. The quantitative estimate of drug-likeness (QED) is 0.429. The molecular formula is C24H26F7N2O2-. The number of alkyl halides is 7. The van der Waals surface area contributed by atoms with E-state index in [9.17, 15) is 35.5 Å². The van der Waals surface area contributed by atoms with Crippen molar-refractivity contribution in [1.29, 1.82) is 0 Å². The molecule has 1 amide bonds. The van der Waals surface area contributed by atoms with Crippen molar-refractivity contribution < 1.29 is 40.6 Å². The van der Waals surface area contributed by atoms with Gasteiger partial charge < -0.3 is 15.3 Å². The van der Waals surface area contributed by atoms with E-state index in [1.54, 1.807) is 0 Å². The molecule has 2 aromatic carbocycles. The highest BCUT2D eigenvalue weighted by Crippen LogP contribution is 2.38. The van der Waals surface area contributed by atoms with Gasteiger partial charge in [0.05, 0.1) is 17.2 Å². The first-order valence-corrected chi connectivity index (χ1v) is 10.7. The highest BCUT2D eigenvalue weighted by atomic mass is 19.4. The molecule has 0 aliphatic carbocycles. The molecule has 11 heteroatoms. The lowest BCUT2D eigenvalue weighted by molar-refractivity contribution is -0.143. The van der Waals surface area contributed by atoms with E-state index < -0.39 is 41.8 Å². The molecule has 1 fully saturated rings. The van der Waals surface area contributed by atoms with E-state index in [1.807, 2.05) is 31.2 Å². The number of piperidine rings is 1. The van der Waals surface area contributed by atoms with Gasteiger partial charge in [-0.25, -0.2) is 9.18 Å². The van der Waals surface area contributed by atoms with Gasteiger partial charge in [-0.15, -0.1) is 6.04 Å². The number of halogens is 7. The number of hydrogen-bond donors (Lipinski definition) is 1. The van der Waals surface area contributed by atoms with Gasteiger partial charge in [-0.1, -0.05) is 36.8 Å². The van der Waals surface area contributed by atoms with Gasteiger partial charge in [0.25, 0.3) is 0 Å². The molecule has 1 aliphatic heterocycles. The fourth-order valence-corrected chi connectivity index (χ4v) is 3.78. The first-order chi connectivity index (χ1) is 16.1. The maximum absolute atomic E-state index is 13.5. The molecule has 0 aromatic heterocycles. The minimum atomic E-state index is -4.82. The maximum atomic E-state index is 13.5. The van der Waals surface area contributed by atoms with E-state index in [0.29, 0.717) is 18.6 Å². The molecule has 4 nitrogen and oxygen atoms in total. The largest absolute Gasteiger partial charge is 0.659 e. The molecule has 0 radical (unpaired) electrons. The normalized spacial score (nSPS) is 19.5. The minimum Gasteiger partial charge on any atom is -0.659 e. The molecule has 0 spiro atoms. The lowest BCUT2D eigenvalue weighted by Crippen LogP contribution is -2.41. The summed E-state index contributed by atoms with van der Waals surface area (Å²) in [5.41, 5.74) is -0.819. The fraction of sp³-hybridized carbons (Fsp3) is 0.458. The fourth-order valence-electron chi connectivity index (χ4n) is 3.78. The van der Waals surface area contributed by atoms with Gasteiger partial charge in [-0.2, -0.15) is 33.4 Å². The van der Waals surface area contributed by atoms with E-state index in [1.165, 1.54) is 18.9 Å². The van der Waals surface area contributed by atoms with Crippen LogP contribution in [0.3, 0.4) is 0 Å². The Labute approximate surface area is 198 Å². The van der Waals surface area contributed by atoms with Crippen LogP contribution in [0.2, 0.25) is 0 Å². The van der Waals surface area contributed by atoms with Crippen LogP contribution in [0.4, 0.5) is 35.5 Å². The van der Waals surface area contributed by atoms with Crippen molar-refractivity contribution in [2.75, 3.05) is 13.6 Å². The van der Waals surface area contributed by atoms with Crippen molar-refractivity contribution in [2.45, 2.75) is 57.3 Å². The van der Waals surface area contributed by atoms with Crippen molar-refractivity contribution in [3.05, 3.63) is 75.6 Å². The Hall–Kier alpha value is -2.82. The Morgan fingerprint density at radius 1 is 1.06 bits per heavy atom. The van der Waals surface area contributed by atoms with Crippen LogP contribution >= 0.6 is 0 Å². The van der Waals surface area contributed by atoms with Crippen molar-refractivity contribution in [3.8, 4) is 0 Å². The van der Waals surface area contributed by atoms with Gasteiger partial charge in [0.2, 0.25) is 0 Å². The Kier molecular flexibility index (Phi) is 9.16. The maximum Gasteiger partial charge on any atom is 0.416 e. The van der Waals surface area contributed by atoms with Crippen LogP contribution in [-0.2, 0) is 12.4 Å². The number of likely N-dealkylation sites (tertiary alicyclic amines) is 1. The Morgan fingerprint density at radius 2 is 1.60 bits per heavy atom. The molecule has 3 rings (SSSR count). The summed E-state index contributed by atoms with van der Waals surface area (Å²) in [6.07, 6.45) is -10.9. The van der Waals surface area contributed by atoms with Crippen LogP contribution in [0.15, 0.2) is 42.5 Å². The number of nitrogens with zero attached hydrogens (tertiary/aromatic N) is 2. The van der Waals surface area contributed by atoms with Gasteiger partial charge in [-0.05, 0) is 42.7 Å². The summed E-state index contributed by atoms with van der Waals surface area (Å²) >= 11 is 0. The zero-order chi connectivity index (χ0) is 26.6. The zero-order valence-electron chi connectivity index (χ0n) is 19.3. The molecule has 2 aromatic rings. The Morgan fingerprint density at radius 3 is 2.06 bits per heavy atom. The van der Waals surface area contributed by atoms with Crippen LogP contribution in [0.1, 0.15) is 59.7 Å². The van der Waals surface area contributed by atoms with Crippen molar-refractivity contribution in [2.24, 2.45) is 0 Å². The van der Waals surface area contributed by atoms with Crippen LogP contribution in [0.5, 0.6) is 0 Å². The third-order valence-electron chi connectivity index (χ3n) is 5.81. The van der Waals surface area contributed by atoms with Gasteiger partial charge >= 0.3 is 18.4 Å². The summed E-state index contributed by atoms with van der Waals surface area (Å²) in [5.74, 6) is 0. The number of amides is 1. The van der Waals surface area contributed by atoms with Crippen LogP contribution in [0, 0.1) is 6.92 Å². The predicted molar refractivity (Wildman–Crippen MR) is 117 cm³/mol. The molecule has 194 valence electrons. The van der Waals surface area contributed by atoms with Gasteiger partial charge in [0, 0.05) is 13.0 Å². The third-order valence-corrected chi connectivity index (χ3v) is 5.81. The number of hydrogen-bond acceptors (Lipinski definition) is 1. The van der Waals surface area contributed by atoms with Crippen molar-refractivity contribution in [3.63, 3.8) is 0 Å². The second kappa shape index (κ2) is 11.3. The topological polar surface area (TPSA) is 54.6 Å². The van der Waals surface area contributed by atoms with E-state index in [0.717, 1.165) is 11.1 Å². The van der Waals surface area contributed by atoms with E-state index in [-0.39, 0.29) is 30.6 Å². The second-order valence-corrected chi connectivity index (χ2v) is 8.24. The van der Waals surface area contributed by atoms with Crippen molar-refractivity contribution in [1.82, 2.24) is 4.90 Å². The van der Waals surface area contributed by atoms with E-state index >= 15 is 0 Å². The molecule has 35 heavy (non-hydrogen) atoms. The average Bonchev–Trinajstić information content (AvgIpc) is 2.77. The molecular weight excluding hydrogens is 481 g/mol. The number of carboxylic acid groups (broad SMARTS) is 1. The number of rotatable bonds is 3. The highest BCUT2D eigenvalue weighted by molar-refractivity contribution is 5.66. The number of benzene rings is 2. The molecule has 0 bridgehead atoms. The molecule has 2 unspecified atom stereocenters. The smallest absolute Gasteiger partial charge is 0.416 e. The van der Waals surface area contributed by atoms with Crippen LogP contribution in [0.25, 0.3) is 5.32 Å². The lowest BCUT2D eigenvalue weighted by atomic mass is 9.92. The Balaban J connectivity index is 0.000000247. The van der Waals surface area contributed by atoms with Gasteiger partial charge in [0.15, 0.2) is 0 Å². The summed E-state index contributed by atoms with van der Waals surface area (Å²) < 4.78 is 88.5. The average molecular weight is 507 g/mol. The van der Waals surface area contributed by atoms with Gasteiger partial charge in [0.1, 0.15) is 6.17 Å². The predicted octanol–water partition coefficient (Wildman–Crippen LogP) is 7.94. The number of aryl methyl sites for hydroxylation is 1. The van der Waals surface area contributed by atoms with E-state index in [4.69, 9.17) is 5.11 Å². The minimum absolute atomic E-state index is 0.103. The third kappa shape index (κ3) is 7.58. The standard InChI is InChI=1S/C13H16FNO2.C11H10F6N/c1-9-4-2-3-5-11(9)12-8-10(14)6-7-15(12)13(16)17;1-6(18-2)7-3-8(10(12,13)14)5-9(4-7)11(15,16)17/h2-5,10,12H,6-8H2,1H3,(H,16,17);3-6H,1-2H3/q;-1/t;6-/m.1/s1. The zero-order valence-corrected chi connectivity index (χ0v) is 19.3. The van der Waals surface area contributed by atoms with Crippen molar-refractivity contribution >= 4 is 6.09 Å². The molecule has 1 N–H and O–H groups in total. The summed E-state index contributed by atoms with van der Waals surface area (Å²) in [4.78, 5) is 12.5. The Bertz CT molecular complexity index is 976. The van der Waals surface area contributed by atoms with Crippen LogP contribution < -0.4 is 0 Å². The highest BCUT2D eigenvalue weighted by Gasteiger charge is 2.37. The first kappa shape index (κ1) is 28.4. The summed E-state index contributed by atoms with van der Waals surface area (Å²) in [6.45, 7) is 3.63. The molecule has 3 atom stereocenters. The van der Waals surface area contributed by atoms with Gasteiger partial charge in [-0.3, -0.25) is 0 Å². The summed E-state index contributed by atoms with van der Waals surface area (Å²) in [6, 6.07) is 7.98. The molecule has 1 aliphatic rings. The molecule has 1 saturated heterocycles. The SMILES string of the molecule is C[N-][C@H](C)c1cc(C(F)(F)F)cc(C(F)(F)F)c1.Cc1ccccc1C1CC(F)CCN1C(=O)O.